The molecule has 0 atom stereocenters. The van der Waals surface area contributed by atoms with Crippen molar-refractivity contribution in [2.24, 2.45) is 0 Å². The van der Waals surface area contributed by atoms with E-state index in [0.29, 0.717) is 11.4 Å². The number of unbranched alkanes of at least 4 members (excludes halogenated alkanes) is 1. The first-order chi connectivity index (χ1) is 8.33. The van der Waals surface area contributed by atoms with Gasteiger partial charge in [-0.1, -0.05) is 6.42 Å². The van der Waals surface area contributed by atoms with Crippen LogP contribution in [0.1, 0.15) is 32.1 Å². The van der Waals surface area contributed by atoms with Crippen LogP contribution in [0.15, 0.2) is 0 Å². The van der Waals surface area contributed by atoms with Crippen LogP contribution in [-0.2, 0) is 9.47 Å². The number of rotatable bonds is 11. The predicted molar refractivity (Wildman–Crippen MR) is 74.9 cm³/mol. The molecule has 0 aromatic carbocycles. The first kappa shape index (κ1) is 15.3. The van der Waals surface area contributed by atoms with Gasteiger partial charge in [-0.25, -0.2) is 0 Å². The van der Waals surface area contributed by atoms with Crippen molar-refractivity contribution in [3.63, 3.8) is 0 Å². The van der Waals surface area contributed by atoms with Crippen molar-refractivity contribution < 1.29 is 9.47 Å². The molecule has 1 saturated carbocycles. The molecule has 0 spiro atoms. The molecule has 17 heavy (non-hydrogen) atoms. The molecule has 1 rings (SSSR count). The van der Waals surface area contributed by atoms with Gasteiger partial charge in [0.25, 0.3) is 0 Å². The zero-order chi connectivity index (χ0) is 12.4. The highest BCUT2D eigenvalue weighted by atomic mass is 32.2. The molecular formula is C13H27NO2S. The topological polar surface area (TPSA) is 30.5 Å². The van der Waals surface area contributed by atoms with E-state index in [1.54, 1.807) is 7.11 Å². The third kappa shape index (κ3) is 6.09. The SMILES string of the molecule is COCCOCCCCNCC1(SC)CCC1. The highest BCUT2D eigenvalue weighted by Crippen LogP contribution is 2.42. The van der Waals surface area contributed by atoms with Gasteiger partial charge in [-0.3, -0.25) is 0 Å². The zero-order valence-electron chi connectivity index (χ0n) is 11.3. The summed E-state index contributed by atoms with van der Waals surface area (Å²) in [6.45, 7) is 4.58. The Bertz CT molecular complexity index is 181. The van der Waals surface area contributed by atoms with E-state index in [2.05, 4.69) is 11.6 Å². The molecule has 1 fully saturated rings. The number of hydrogen-bond acceptors (Lipinski definition) is 4. The number of nitrogens with one attached hydrogen (secondary N) is 1. The summed E-state index contributed by atoms with van der Waals surface area (Å²) in [6.07, 6.45) is 8.78. The second-order valence-electron chi connectivity index (χ2n) is 4.73. The Kier molecular flexibility index (Phi) is 8.27. The Morgan fingerprint density at radius 2 is 2.00 bits per heavy atom. The molecule has 1 N–H and O–H groups in total. The predicted octanol–water partition coefficient (Wildman–Crippen LogP) is 2.30. The maximum Gasteiger partial charge on any atom is 0.0700 e. The fourth-order valence-corrected chi connectivity index (χ4v) is 2.98. The molecule has 0 saturated heterocycles. The Morgan fingerprint density at radius 1 is 1.18 bits per heavy atom. The molecule has 0 aromatic heterocycles. The van der Waals surface area contributed by atoms with Crippen LogP contribution in [0.4, 0.5) is 0 Å². The van der Waals surface area contributed by atoms with Crippen molar-refractivity contribution in [3.8, 4) is 0 Å². The van der Waals surface area contributed by atoms with Crippen LogP contribution in [0.3, 0.4) is 0 Å². The van der Waals surface area contributed by atoms with Crippen LogP contribution >= 0.6 is 11.8 Å². The van der Waals surface area contributed by atoms with Crippen molar-refractivity contribution in [1.29, 1.82) is 0 Å². The number of thioether (sulfide) groups is 1. The van der Waals surface area contributed by atoms with E-state index in [-0.39, 0.29) is 0 Å². The summed E-state index contributed by atoms with van der Waals surface area (Å²) in [5.74, 6) is 0. The summed E-state index contributed by atoms with van der Waals surface area (Å²) < 4.78 is 10.9. The highest BCUT2D eigenvalue weighted by Gasteiger charge is 2.35. The number of ether oxygens (including phenoxy) is 2. The molecule has 0 aliphatic heterocycles. The van der Waals surface area contributed by atoms with Crippen LogP contribution in [0, 0.1) is 0 Å². The first-order valence-corrected chi connectivity index (χ1v) is 7.88. The minimum absolute atomic E-state index is 0.564. The summed E-state index contributed by atoms with van der Waals surface area (Å²) in [5.41, 5.74) is 0. The van der Waals surface area contributed by atoms with Gasteiger partial charge in [-0.05, 0) is 38.5 Å². The van der Waals surface area contributed by atoms with Gasteiger partial charge < -0.3 is 14.8 Å². The lowest BCUT2D eigenvalue weighted by molar-refractivity contribution is 0.0688. The van der Waals surface area contributed by atoms with Crippen LogP contribution in [-0.4, -0.2) is 51.0 Å². The average Bonchev–Trinajstić information content (AvgIpc) is 2.30. The van der Waals surface area contributed by atoms with Gasteiger partial charge in [0.2, 0.25) is 0 Å². The molecule has 4 heteroatoms. The third-order valence-electron chi connectivity index (χ3n) is 3.47. The summed E-state index contributed by atoms with van der Waals surface area (Å²) >= 11 is 2.04. The lowest BCUT2D eigenvalue weighted by Crippen LogP contribution is -2.43. The maximum atomic E-state index is 5.42. The normalized spacial score (nSPS) is 18.0. The van der Waals surface area contributed by atoms with Gasteiger partial charge in [0.1, 0.15) is 0 Å². The monoisotopic (exact) mass is 261 g/mol. The van der Waals surface area contributed by atoms with E-state index in [1.807, 2.05) is 11.8 Å². The fourth-order valence-electron chi connectivity index (χ4n) is 2.04. The molecule has 1 aliphatic rings. The van der Waals surface area contributed by atoms with Crippen LogP contribution in [0.5, 0.6) is 0 Å². The summed E-state index contributed by atoms with van der Waals surface area (Å²) in [6, 6.07) is 0. The van der Waals surface area contributed by atoms with Gasteiger partial charge in [-0.15, -0.1) is 0 Å². The smallest absolute Gasteiger partial charge is 0.0700 e. The Labute approximate surface area is 110 Å². The lowest BCUT2D eigenvalue weighted by atomic mass is 9.84. The van der Waals surface area contributed by atoms with Gasteiger partial charge in [0.05, 0.1) is 13.2 Å². The van der Waals surface area contributed by atoms with Crippen molar-refractivity contribution in [1.82, 2.24) is 5.32 Å². The third-order valence-corrected chi connectivity index (χ3v) is 4.89. The van der Waals surface area contributed by atoms with Crippen molar-refractivity contribution in [2.45, 2.75) is 36.9 Å². The van der Waals surface area contributed by atoms with Crippen LogP contribution in [0.2, 0.25) is 0 Å². The zero-order valence-corrected chi connectivity index (χ0v) is 12.1. The summed E-state index contributed by atoms with van der Waals surface area (Å²) in [4.78, 5) is 0. The lowest BCUT2D eigenvalue weighted by Gasteiger charge is -2.40. The van der Waals surface area contributed by atoms with E-state index in [9.17, 15) is 0 Å². The van der Waals surface area contributed by atoms with Gasteiger partial charge >= 0.3 is 0 Å². The number of hydrogen-bond donors (Lipinski definition) is 1. The Hall–Kier alpha value is 0.230. The molecule has 0 amide bonds. The highest BCUT2D eigenvalue weighted by molar-refractivity contribution is 8.00. The summed E-state index contributed by atoms with van der Waals surface area (Å²) in [5, 5.41) is 3.58. The fraction of sp³-hybridized carbons (Fsp3) is 1.00. The number of methoxy groups -OCH3 is 1. The van der Waals surface area contributed by atoms with Crippen molar-refractivity contribution in [3.05, 3.63) is 0 Å². The molecule has 102 valence electrons. The van der Waals surface area contributed by atoms with Gasteiger partial charge in [-0.2, -0.15) is 11.8 Å². The quantitative estimate of drug-likeness (QED) is 0.578. The first-order valence-electron chi connectivity index (χ1n) is 6.65. The van der Waals surface area contributed by atoms with Gasteiger partial charge in [0.15, 0.2) is 0 Å². The van der Waals surface area contributed by atoms with E-state index < -0.39 is 0 Å². The van der Waals surface area contributed by atoms with Gasteiger partial charge in [0, 0.05) is 25.0 Å². The second-order valence-corrected chi connectivity index (χ2v) is 6.00. The Balaban J connectivity index is 1.81. The Morgan fingerprint density at radius 3 is 2.59 bits per heavy atom. The summed E-state index contributed by atoms with van der Waals surface area (Å²) in [7, 11) is 1.70. The van der Waals surface area contributed by atoms with Crippen molar-refractivity contribution >= 4 is 11.8 Å². The van der Waals surface area contributed by atoms with Crippen LogP contribution < -0.4 is 5.32 Å². The largest absolute Gasteiger partial charge is 0.382 e. The average molecular weight is 261 g/mol. The maximum absolute atomic E-state index is 5.42. The standard InChI is InChI=1S/C13H27NO2S/c1-15-10-11-16-9-4-3-8-14-12-13(17-2)6-5-7-13/h14H,3-12H2,1-2H3. The van der Waals surface area contributed by atoms with Crippen molar-refractivity contribution in [2.75, 3.05) is 46.3 Å². The van der Waals surface area contributed by atoms with E-state index in [4.69, 9.17) is 9.47 Å². The van der Waals surface area contributed by atoms with E-state index >= 15 is 0 Å². The van der Waals surface area contributed by atoms with Crippen LogP contribution in [0.25, 0.3) is 0 Å². The molecule has 0 bridgehead atoms. The molecule has 0 heterocycles. The minimum Gasteiger partial charge on any atom is -0.382 e. The molecular weight excluding hydrogens is 234 g/mol. The van der Waals surface area contributed by atoms with E-state index in [1.165, 1.54) is 32.2 Å². The molecule has 3 nitrogen and oxygen atoms in total. The van der Waals surface area contributed by atoms with E-state index in [0.717, 1.165) is 26.2 Å². The second kappa shape index (κ2) is 9.20. The molecule has 0 aromatic rings. The minimum atomic E-state index is 0.564. The molecule has 0 radical (unpaired) electrons. The molecule has 0 unspecified atom stereocenters. The molecule has 1 aliphatic carbocycles.